The summed E-state index contributed by atoms with van der Waals surface area (Å²) < 4.78 is 0. The minimum Gasteiger partial charge on any atom is -0.380 e. The Labute approximate surface area is 103 Å². The smallest absolute Gasteiger partial charge is 0.299 e. The first-order chi connectivity index (χ1) is 8.51. The molecule has 18 heavy (non-hydrogen) atoms. The number of nitro groups is 2. The average Bonchev–Trinajstić information content (AvgIpc) is 2.29. The molecule has 1 aromatic rings. The van der Waals surface area contributed by atoms with Crippen molar-refractivity contribution in [3.05, 3.63) is 32.4 Å². The van der Waals surface area contributed by atoms with Crippen LogP contribution in [0.3, 0.4) is 0 Å². The van der Waals surface area contributed by atoms with Gasteiger partial charge in [-0.15, -0.1) is 0 Å². The minimum atomic E-state index is -0.638. The lowest BCUT2D eigenvalue weighted by molar-refractivity contribution is -0.393. The Hall–Kier alpha value is -2.38. The summed E-state index contributed by atoms with van der Waals surface area (Å²) >= 11 is 0. The van der Waals surface area contributed by atoms with E-state index in [1.165, 1.54) is 6.07 Å². The van der Waals surface area contributed by atoms with Gasteiger partial charge in [-0.25, -0.2) is 0 Å². The maximum atomic E-state index is 10.9. The molecule has 0 saturated heterocycles. The summed E-state index contributed by atoms with van der Waals surface area (Å²) in [4.78, 5) is 20.4. The molecule has 98 valence electrons. The van der Waals surface area contributed by atoms with Crippen LogP contribution in [-0.4, -0.2) is 22.9 Å². The molecule has 0 saturated carbocycles. The zero-order valence-corrected chi connectivity index (χ0v) is 10.1. The third-order valence-electron chi connectivity index (χ3n) is 2.24. The van der Waals surface area contributed by atoms with Crippen molar-refractivity contribution in [1.29, 1.82) is 0 Å². The van der Waals surface area contributed by atoms with Crippen molar-refractivity contribution in [3.8, 4) is 0 Å². The van der Waals surface area contributed by atoms with Crippen LogP contribution in [0, 0.1) is 20.2 Å². The highest BCUT2D eigenvalue weighted by Crippen LogP contribution is 2.35. The van der Waals surface area contributed by atoms with E-state index in [0.29, 0.717) is 13.1 Å². The Balaban J connectivity index is 3.39. The van der Waals surface area contributed by atoms with Gasteiger partial charge in [-0.3, -0.25) is 20.2 Å². The quantitative estimate of drug-likeness (QED) is 0.595. The van der Waals surface area contributed by atoms with Gasteiger partial charge in [-0.05, 0) is 19.9 Å². The molecule has 0 unspecified atom stereocenters. The Morgan fingerprint density at radius 1 is 0.944 bits per heavy atom. The molecule has 0 spiro atoms. The van der Waals surface area contributed by atoms with Gasteiger partial charge < -0.3 is 10.6 Å². The molecule has 1 rings (SSSR count). The Morgan fingerprint density at radius 2 is 1.33 bits per heavy atom. The normalized spacial score (nSPS) is 9.89. The Morgan fingerprint density at radius 3 is 1.61 bits per heavy atom. The molecular weight excluding hydrogens is 240 g/mol. The fraction of sp³-hybridized carbons (Fsp3) is 0.400. The topological polar surface area (TPSA) is 110 Å². The third-order valence-corrected chi connectivity index (χ3v) is 2.24. The maximum absolute atomic E-state index is 10.9. The molecule has 0 heterocycles. The van der Waals surface area contributed by atoms with Crippen molar-refractivity contribution in [1.82, 2.24) is 0 Å². The number of nitrogens with one attached hydrogen (secondary N) is 2. The van der Waals surface area contributed by atoms with Crippen LogP contribution in [0.4, 0.5) is 22.7 Å². The van der Waals surface area contributed by atoms with Crippen molar-refractivity contribution in [3.63, 3.8) is 0 Å². The second-order valence-corrected chi connectivity index (χ2v) is 3.46. The molecule has 0 amide bonds. The van der Waals surface area contributed by atoms with Crippen LogP contribution in [0.25, 0.3) is 0 Å². The van der Waals surface area contributed by atoms with E-state index >= 15 is 0 Å². The standard InChI is InChI=1S/C10H14N4O4/c1-3-11-7-5-8(12-4-2)10(14(17)18)6-9(7)13(15)16/h5-6,11-12H,3-4H2,1-2H3. The van der Waals surface area contributed by atoms with Gasteiger partial charge in [0.05, 0.1) is 15.9 Å². The molecule has 8 nitrogen and oxygen atoms in total. The van der Waals surface area contributed by atoms with E-state index in [4.69, 9.17) is 0 Å². The van der Waals surface area contributed by atoms with E-state index in [2.05, 4.69) is 10.6 Å². The van der Waals surface area contributed by atoms with Crippen molar-refractivity contribution in [2.45, 2.75) is 13.8 Å². The van der Waals surface area contributed by atoms with Gasteiger partial charge in [0, 0.05) is 13.1 Å². The van der Waals surface area contributed by atoms with Gasteiger partial charge in [0.25, 0.3) is 11.4 Å². The van der Waals surface area contributed by atoms with Crippen LogP contribution in [0.1, 0.15) is 13.8 Å². The molecule has 8 heteroatoms. The highest BCUT2D eigenvalue weighted by Gasteiger charge is 2.23. The molecule has 0 aliphatic rings. The highest BCUT2D eigenvalue weighted by molar-refractivity contribution is 5.76. The first-order valence-electron chi connectivity index (χ1n) is 5.45. The van der Waals surface area contributed by atoms with Crippen LogP contribution in [0.2, 0.25) is 0 Å². The maximum Gasteiger partial charge on any atom is 0.299 e. The predicted octanol–water partition coefficient (Wildman–Crippen LogP) is 2.37. The van der Waals surface area contributed by atoms with Crippen LogP contribution >= 0.6 is 0 Å². The van der Waals surface area contributed by atoms with Crippen molar-refractivity contribution in [2.75, 3.05) is 23.7 Å². The summed E-state index contributed by atoms with van der Waals surface area (Å²) in [6.07, 6.45) is 0. The first-order valence-corrected chi connectivity index (χ1v) is 5.45. The fourth-order valence-electron chi connectivity index (χ4n) is 1.54. The summed E-state index contributed by atoms with van der Waals surface area (Å²) in [5.74, 6) is 0. The zero-order chi connectivity index (χ0) is 13.7. The number of hydrogen-bond acceptors (Lipinski definition) is 6. The summed E-state index contributed by atoms with van der Waals surface area (Å²) in [5.41, 5.74) is -0.0662. The Bertz CT molecular complexity index is 436. The number of hydrogen-bond donors (Lipinski definition) is 2. The average molecular weight is 254 g/mol. The van der Waals surface area contributed by atoms with E-state index in [1.54, 1.807) is 13.8 Å². The highest BCUT2D eigenvalue weighted by atomic mass is 16.6. The predicted molar refractivity (Wildman–Crippen MR) is 68.1 cm³/mol. The second kappa shape index (κ2) is 5.80. The lowest BCUT2D eigenvalue weighted by Crippen LogP contribution is -2.06. The van der Waals surface area contributed by atoms with E-state index in [0.717, 1.165) is 6.07 Å². The minimum absolute atomic E-state index is 0.268. The van der Waals surface area contributed by atoms with Gasteiger partial charge in [0.1, 0.15) is 11.4 Å². The lowest BCUT2D eigenvalue weighted by Gasteiger charge is -2.09. The fourth-order valence-corrected chi connectivity index (χ4v) is 1.54. The summed E-state index contributed by atoms with van der Waals surface area (Å²) in [7, 11) is 0. The molecule has 0 fully saturated rings. The molecule has 0 radical (unpaired) electrons. The molecule has 1 aromatic carbocycles. The SMILES string of the molecule is CCNc1cc(NCC)c([N+](=O)[O-])cc1[N+](=O)[O-]. The van der Waals surface area contributed by atoms with E-state index in [9.17, 15) is 20.2 Å². The zero-order valence-electron chi connectivity index (χ0n) is 10.1. The summed E-state index contributed by atoms with van der Waals surface area (Å²) in [6.45, 7) is 4.56. The molecule has 0 aromatic heterocycles. The van der Waals surface area contributed by atoms with Crippen LogP contribution in [0.15, 0.2) is 12.1 Å². The van der Waals surface area contributed by atoms with Gasteiger partial charge >= 0.3 is 0 Å². The summed E-state index contributed by atoms with van der Waals surface area (Å²) in [6, 6.07) is 2.36. The van der Waals surface area contributed by atoms with Gasteiger partial charge in [0.15, 0.2) is 0 Å². The number of rotatable bonds is 6. The van der Waals surface area contributed by atoms with Gasteiger partial charge in [-0.2, -0.15) is 0 Å². The molecule has 0 bridgehead atoms. The molecule has 0 aliphatic carbocycles. The van der Waals surface area contributed by atoms with Crippen LogP contribution in [-0.2, 0) is 0 Å². The number of benzene rings is 1. The summed E-state index contributed by atoms with van der Waals surface area (Å²) in [5, 5.41) is 27.4. The third kappa shape index (κ3) is 2.84. The van der Waals surface area contributed by atoms with Crippen LogP contribution < -0.4 is 10.6 Å². The number of nitro benzene ring substituents is 2. The largest absolute Gasteiger partial charge is 0.380 e. The van der Waals surface area contributed by atoms with Crippen molar-refractivity contribution < 1.29 is 9.85 Å². The molecular formula is C10H14N4O4. The number of nitrogens with zero attached hydrogens (tertiary/aromatic N) is 2. The second-order valence-electron chi connectivity index (χ2n) is 3.46. The molecule has 2 N–H and O–H groups in total. The van der Waals surface area contributed by atoms with E-state index in [-0.39, 0.29) is 22.7 Å². The first kappa shape index (κ1) is 13.7. The van der Waals surface area contributed by atoms with Crippen molar-refractivity contribution >= 4 is 22.7 Å². The van der Waals surface area contributed by atoms with E-state index < -0.39 is 9.85 Å². The van der Waals surface area contributed by atoms with Gasteiger partial charge in [0.2, 0.25) is 0 Å². The van der Waals surface area contributed by atoms with E-state index in [1.807, 2.05) is 0 Å². The Kier molecular flexibility index (Phi) is 4.41. The lowest BCUT2D eigenvalue weighted by atomic mass is 10.2. The van der Waals surface area contributed by atoms with Crippen LogP contribution in [0.5, 0.6) is 0 Å². The monoisotopic (exact) mass is 254 g/mol. The van der Waals surface area contributed by atoms with Crippen molar-refractivity contribution in [2.24, 2.45) is 0 Å². The number of anilines is 2. The molecule has 0 atom stereocenters. The van der Waals surface area contributed by atoms with Gasteiger partial charge in [-0.1, -0.05) is 0 Å². The molecule has 0 aliphatic heterocycles.